The lowest BCUT2D eigenvalue weighted by atomic mass is 10.4. The van der Waals surface area contributed by atoms with Gasteiger partial charge in [0, 0.05) is 12.8 Å². The number of imidazole rings is 2. The number of aryl methyl sites for hydroxylation is 2. The molecule has 10 heteroatoms. The van der Waals surface area contributed by atoms with E-state index in [1.54, 1.807) is 0 Å². The topological polar surface area (TPSA) is 94.6 Å². The fraction of sp³-hybridized carbons (Fsp3) is 0.500. The molecule has 8 N–H and O–H groups in total. The summed E-state index contributed by atoms with van der Waals surface area (Å²) in [7, 11) is 0. The lowest BCUT2D eigenvalue weighted by Crippen LogP contribution is -3.00. The summed E-state index contributed by atoms with van der Waals surface area (Å²) in [5.74, 6) is 0. The quantitative estimate of drug-likeness (QED) is 0.247. The first-order valence-electron chi connectivity index (χ1n) is 6.49. The normalized spacial score (nSPS) is 8.09. The van der Waals surface area contributed by atoms with Crippen LogP contribution in [0.3, 0.4) is 0 Å². The van der Waals surface area contributed by atoms with Crippen LogP contribution in [0.4, 0.5) is 0 Å². The lowest BCUT2D eigenvalue weighted by Gasteiger charge is -1.88. The SMILES string of the molecule is [Br-].[Br-].[Br-].[Br-].[NH3+]CCC[n+]1cc[nH]c1.[NH3+]CCC[n+]1cc[nH]c1. The standard InChI is InChI=1S/2C6H11N3.4BrH/c2*7-2-1-4-9-5-3-8-6-9;;;;/h2*3,5-6H,1-2,4,7H2;4*1H. The molecule has 0 aliphatic heterocycles. The van der Waals surface area contributed by atoms with Gasteiger partial charge < -0.3 is 79.4 Å². The fourth-order valence-electron chi connectivity index (χ4n) is 1.51. The Kier molecular flexibility index (Phi) is 29.2. The first-order chi connectivity index (χ1) is 8.86. The molecule has 132 valence electrons. The van der Waals surface area contributed by atoms with Crippen LogP contribution in [-0.4, -0.2) is 23.1 Å². The molecule has 2 rings (SSSR count). The van der Waals surface area contributed by atoms with Crippen molar-refractivity contribution in [2.75, 3.05) is 13.1 Å². The fourth-order valence-corrected chi connectivity index (χ4v) is 1.51. The number of rotatable bonds is 6. The average molecular weight is 574 g/mol. The van der Waals surface area contributed by atoms with Crippen LogP contribution in [0, 0.1) is 0 Å². The Morgan fingerprint density at radius 1 is 0.682 bits per heavy atom. The first kappa shape index (κ1) is 30.2. The van der Waals surface area contributed by atoms with Crippen molar-refractivity contribution in [1.29, 1.82) is 0 Å². The third-order valence-electron chi connectivity index (χ3n) is 2.54. The van der Waals surface area contributed by atoms with E-state index < -0.39 is 0 Å². The molecule has 0 atom stereocenters. The van der Waals surface area contributed by atoms with E-state index in [-0.39, 0.29) is 67.9 Å². The molecule has 2 aromatic heterocycles. The van der Waals surface area contributed by atoms with E-state index in [9.17, 15) is 0 Å². The number of hydrogen-bond acceptors (Lipinski definition) is 0. The van der Waals surface area contributed by atoms with Crippen LogP contribution in [0.25, 0.3) is 0 Å². The van der Waals surface area contributed by atoms with Crippen LogP contribution in [0.15, 0.2) is 37.4 Å². The van der Waals surface area contributed by atoms with Gasteiger partial charge in [0.1, 0.15) is 24.8 Å². The van der Waals surface area contributed by atoms with E-state index in [4.69, 9.17) is 0 Å². The van der Waals surface area contributed by atoms with Gasteiger partial charge in [0.05, 0.1) is 26.2 Å². The van der Waals surface area contributed by atoms with Crippen LogP contribution in [-0.2, 0) is 13.1 Å². The predicted octanol–water partition coefficient (Wildman–Crippen LogP) is -14.1. The molecule has 0 bridgehead atoms. The third-order valence-corrected chi connectivity index (χ3v) is 2.54. The zero-order valence-electron chi connectivity index (χ0n) is 12.5. The molecular formula is C12H26Br4N6. The van der Waals surface area contributed by atoms with Gasteiger partial charge in [-0.15, -0.1) is 0 Å². The molecule has 0 spiro atoms. The van der Waals surface area contributed by atoms with E-state index in [0.717, 1.165) is 39.0 Å². The van der Waals surface area contributed by atoms with Crippen molar-refractivity contribution in [2.24, 2.45) is 0 Å². The third kappa shape index (κ3) is 15.2. The molecule has 0 aromatic carbocycles. The van der Waals surface area contributed by atoms with Gasteiger partial charge >= 0.3 is 0 Å². The molecule has 2 aromatic rings. The molecule has 0 saturated heterocycles. The average Bonchev–Trinajstić information content (AvgIpc) is 3.07. The Hall–Kier alpha value is 0.260. The van der Waals surface area contributed by atoms with Crippen LogP contribution in [0.5, 0.6) is 0 Å². The molecule has 22 heavy (non-hydrogen) atoms. The maximum atomic E-state index is 3.76. The highest BCUT2D eigenvalue weighted by Gasteiger charge is 1.94. The van der Waals surface area contributed by atoms with Crippen LogP contribution >= 0.6 is 0 Å². The summed E-state index contributed by atoms with van der Waals surface area (Å²) in [5, 5.41) is 0. The maximum Gasteiger partial charge on any atom is 0.241 e. The molecule has 0 saturated carbocycles. The Labute approximate surface area is 174 Å². The summed E-state index contributed by atoms with van der Waals surface area (Å²) in [6.45, 7) is 4.18. The van der Waals surface area contributed by atoms with E-state index in [1.807, 2.05) is 37.4 Å². The summed E-state index contributed by atoms with van der Waals surface area (Å²) in [6.07, 6.45) is 14.1. The minimum Gasteiger partial charge on any atom is -1.00 e. The molecule has 0 unspecified atom stereocenters. The summed E-state index contributed by atoms with van der Waals surface area (Å²) >= 11 is 0. The second-order valence-electron chi connectivity index (χ2n) is 4.11. The number of aromatic amines is 2. The highest BCUT2D eigenvalue weighted by Crippen LogP contribution is 1.74. The monoisotopic (exact) mass is 570 g/mol. The summed E-state index contributed by atoms with van der Waals surface area (Å²) in [5.41, 5.74) is 7.52. The van der Waals surface area contributed by atoms with E-state index >= 15 is 0 Å². The molecule has 6 nitrogen and oxygen atoms in total. The van der Waals surface area contributed by atoms with Crippen LogP contribution in [0.2, 0.25) is 0 Å². The number of nitrogens with one attached hydrogen (secondary N) is 2. The van der Waals surface area contributed by atoms with Gasteiger partial charge in [0.15, 0.2) is 0 Å². The molecule has 0 aliphatic rings. The van der Waals surface area contributed by atoms with Crippen molar-refractivity contribution >= 4 is 0 Å². The highest BCUT2D eigenvalue weighted by molar-refractivity contribution is 4.55. The number of hydrogen-bond donors (Lipinski definition) is 4. The van der Waals surface area contributed by atoms with Gasteiger partial charge in [0.25, 0.3) is 0 Å². The van der Waals surface area contributed by atoms with E-state index in [0.29, 0.717) is 0 Å². The van der Waals surface area contributed by atoms with E-state index in [1.165, 1.54) is 0 Å². The lowest BCUT2D eigenvalue weighted by molar-refractivity contribution is -0.698. The van der Waals surface area contributed by atoms with Crippen LogP contribution in [0.1, 0.15) is 12.8 Å². The molecule has 0 aliphatic carbocycles. The van der Waals surface area contributed by atoms with Gasteiger partial charge in [-0.2, -0.15) is 0 Å². The van der Waals surface area contributed by atoms with Gasteiger partial charge in [-0.25, -0.2) is 9.13 Å². The Balaban J connectivity index is -0.000000125. The highest BCUT2D eigenvalue weighted by atomic mass is 79.9. The van der Waals surface area contributed by atoms with Crippen molar-refractivity contribution in [3.05, 3.63) is 37.4 Å². The smallest absolute Gasteiger partial charge is 0.241 e. The zero-order chi connectivity index (χ0) is 13.1. The van der Waals surface area contributed by atoms with Gasteiger partial charge in [-0.3, -0.25) is 9.97 Å². The van der Waals surface area contributed by atoms with Crippen molar-refractivity contribution < 1.29 is 88.5 Å². The Bertz CT molecular complexity index is 344. The number of H-pyrrole nitrogens is 2. The summed E-state index contributed by atoms with van der Waals surface area (Å²) in [6, 6.07) is 0. The largest absolute Gasteiger partial charge is 1.00 e. The second kappa shape index (κ2) is 21.3. The van der Waals surface area contributed by atoms with E-state index in [2.05, 4.69) is 30.6 Å². The minimum atomic E-state index is 0. The number of nitrogens with zero attached hydrogens (tertiary/aromatic N) is 2. The summed E-state index contributed by atoms with van der Waals surface area (Å²) in [4.78, 5) is 5.96. The van der Waals surface area contributed by atoms with Gasteiger partial charge in [0.2, 0.25) is 12.7 Å². The van der Waals surface area contributed by atoms with Crippen LogP contribution < -0.4 is 88.5 Å². The minimum absolute atomic E-state index is 0. The number of halogens is 4. The Morgan fingerprint density at radius 3 is 1.27 bits per heavy atom. The number of quaternary nitrogens is 2. The predicted molar refractivity (Wildman–Crippen MR) is 66.7 cm³/mol. The summed E-state index contributed by atoms with van der Waals surface area (Å²) < 4.78 is 4.23. The Morgan fingerprint density at radius 2 is 1.05 bits per heavy atom. The molecule has 0 fully saturated rings. The molecule has 2 heterocycles. The van der Waals surface area contributed by atoms with Gasteiger partial charge in [-0.05, 0) is 0 Å². The number of aromatic nitrogens is 4. The van der Waals surface area contributed by atoms with Crippen molar-refractivity contribution in [3.63, 3.8) is 0 Å². The maximum absolute atomic E-state index is 3.76. The van der Waals surface area contributed by atoms with Gasteiger partial charge in [-0.1, -0.05) is 0 Å². The van der Waals surface area contributed by atoms with Crippen molar-refractivity contribution in [2.45, 2.75) is 25.9 Å². The molecular weight excluding hydrogens is 548 g/mol. The molecule has 0 amide bonds. The zero-order valence-corrected chi connectivity index (χ0v) is 18.9. The van der Waals surface area contributed by atoms with Crippen molar-refractivity contribution in [3.8, 4) is 0 Å². The first-order valence-corrected chi connectivity index (χ1v) is 6.49. The van der Waals surface area contributed by atoms with Crippen molar-refractivity contribution in [1.82, 2.24) is 9.97 Å². The molecule has 0 radical (unpaired) electrons. The second-order valence-corrected chi connectivity index (χ2v) is 4.11.